The monoisotopic (exact) mass is 324 g/mol. The van der Waals surface area contributed by atoms with Crippen molar-refractivity contribution in [3.63, 3.8) is 0 Å². The van der Waals surface area contributed by atoms with Crippen molar-refractivity contribution in [2.75, 3.05) is 0 Å². The first kappa shape index (κ1) is 13.9. The number of hydrogen-bond donors (Lipinski definition) is 0. The van der Waals surface area contributed by atoms with Crippen molar-refractivity contribution in [2.24, 2.45) is 0 Å². The van der Waals surface area contributed by atoms with Crippen LogP contribution < -0.4 is 4.74 Å². The molecule has 1 aromatic carbocycles. The summed E-state index contributed by atoms with van der Waals surface area (Å²) in [7, 11) is 0. The van der Waals surface area contributed by atoms with Crippen molar-refractivity contribution in [1.82, 2.24) is 9.97 Å². The highest BCUT2D eigenvalue weighted by Crippen LogP contribution is 2.26. The van der Waals surface area contributed by atoms with E-state index in [4.69, 9.17) is 4.74 Å². The Morgan fingerprint density at radius 3 is 2.63 bits per heavy atom. The van der Waals surface area contributed by atoms with Crippen LogP contribution in [0.4, 0.5) is 4.39 Å². The van der Waals surface area contributed by atoms with Gasteiger partial charge in [-0.15, -0.1) is 0 Å². The van der Waals surface area contributed by atoms with Gasteiger partial charge in [0.25, 0.3) is 0 Å². The highest BCUT2D eigenvalue weighted by molar-refractivity contribution is 9.10. The molecular formula is C14H14BrFN2O. The second-order valence-electron chi connectivity index (χ2n) is 4.55. The summed E-state index contributed by atoms with van der Waals surface area (Å²) in [6.45, 7) is 5.92. The van der Waals surface area contributed by atoms with Crippen LogP contribution in [-0.4, -0.2) is 9.97 Å². The molecule has 0 N–H and O–H groups in total. The number of rotatable bonds is 3. The minimum Gasteiger partial charge on any atom is -0.421 e. The van der Waals surface area contributed by atoms with Crippen molar-refractivity contribution in [1.29, 1.82) is 0 Å². The molecule has 0 amide bonds. The van der Waals surface area contributed by atoms with Crippen LogP contribution in [0.3, 0.4) is 0 Å². The van der Waals surface area contributed by atoms with Crippen molar-refractivity contribution < 1.29 is 9.13 Å². The molecule has 1 aromatic heterocycles. The first-order valence-corrected chi connectivity index (χ1v) is 6.73. The van der Waals surface area contributed by atoms with Gasteiger partial charge in [-0.05, 0) is 37.1 Å². The first-order valence-electron chi connectivity index (χ1n) is 5.94. The Labute approximate surface area is 120 Å². The van der Waals surface area contributed by atoms with Crippen LogP contribution in [0.15, 0.2) is 28.7 Å². The molecular weight excluding hydrogens is 311 g/mol. The number of nitrogens with zero attached hydrogens (tertiary/aromatic N) is 2. The zero-order valence-corrected chi connectivity index (χ0v) is 12.5. The molecule has 0 radical (unpaired) electrons. The quantitative estimate of drug-likeness (QED) is 0.827. The smallest absolute Gasteiger partial charge is 0.322 e. The Balaban J connectivity index is 2.35. The lowest BCUT2D eigenvalue weighted by Gasteiger charge is -2.09. The zero-order chi connectivity index (χ0) is 14.0. The lowest BCUT2D eigenvalue weighted by Crippen LogP contribution is -2.01. The maximum Gasteiger partial charge on any atom is 0.322 e. The van der Waals surface area contributed by atoms with Crippen LogP contribution in [0, 0.1) is 12.7 Å². The predicted octanol–water partition coefficient (Wildman–Crippen LogP) is 4.60. The van der Waals surface area contributed by atoms with Crippen LogP contribution in [0.25, 0.3) is 0 Å². The molecule has 2 aromatic rings. The lowest BCUT2D eigenvalue weighted by atomic mass is 10.1. The normalized spacial score (nSPS) is 10.8. The Morgan fingerprint density at radius 1 is 1.21 bits per heavy atom. The third-order valence-corrected chi connectivity index (χ3v) is 3.03. The highest BCUT2D eigenvalue weighted by Gasteiger charge is 2.10. The van der Waals surface area contributed by atoms with Gasteiger partial charge in [0.2, 0.25) is 0 Å². The molecule has 19 heavy (non-hydrogen) atoms. The molecule has 0 fully saturated rings. The number of hydrogen-bond acceptors (Lipinski definition) is 3. The van der Waals surface area contributed by atoms with Crippen LogP contribution in [0.1, 0.15) is 31.2 Å². The molecule has 0 aliphatic heterocycles. The van der Waals surface area contributed by atoms with Crippen molar-refractivity contribution in [2.45, 2.75) is 26.7 Å². The predicted molar refractivity (Wildman–Crippen MR) is 75.0 cm³/mol. The Hall–Kier alpha value is -1.49. The third kappa shape index (κ3) is 3.50. The Morgan fingerprint density at radius 2 is 1.95 bits per heavy atom. The van der Waals surface area contributed by atoms with E-state index < -0.39 is 5.82 Å². The molecule has 0 bridgehead atoms. The molecule has 0 unspecified atom stereocenters. The number of aryl methyl sites for hydroxylation is 1. The molecule has 0 aliphatic rings. The summed E-state index contributed by atoms with van der Waals surface area (Å²) in [6, 6.07) is 6.56. The van der Waals surface area contributed by atoms with Gasteiger partial charge in [-0.25, -0.2) is 9.37 Å². The van der Waals surface area contributed by atoms with E-state index in [1.165, 1.54) is 6.07 Å². The molecule has 5 heteroatoms. The van der Waals surface area contributed by atoms with E-state index >= 15 is 0 Å². The SMILES string of the molecule is Cc1cc(C(C)C)nc(Oc2cc(Br)ccc2F)n1. The molecule has 3 nitrogen and oxygen atoms in total. The van der Waals surface area contributed by atoms with Gasteiger partial charge in [-0.1, -0.05) is 29.8 Å². The van der Waals surface area contributed by atoms with Gasteiger partial charge in [-0.3, -0.25) is 0 Å². The standard InChI is InChI=1S/C14H14BrFN2O/c1-8(2)12-6-9(3)17-14(18-12)19-13-7-10(15)4-5-11(13)16/h4-8H,1-3H3. The van der Waals surface area contributed by atoms with Gasteiger partial charge >= 0.3 is 6.01 Å². The second kappa shape index (κ2) is 5.65. The molecule has 2 rings (SSSR count). The second-order valence-corrected chi connectivity index (χ2v) is 5.46. The summed E-state index contributed by atoms with van der Waals surface area (Å²) in [5.41, 5.74) is 1.67. The zero-order valence-electron chi connectivity index (χ0n) is 10.9. The van der Waals surface area contributed by atoms with E-state index in [1.807, 2.05) is 26.8 Å². The summed E-state index contributed by atoms with van der Waals surface area (Å²) >= 11 is 3.27. The summed E-state index contributed by atoms with van der Waals surface area (Å²) in [5, 5.41) is 0. The largest absolute Gasteiger partial charge is 0.421 e. The fourth-order valence-corrected chi connectivity index (χ4v) is 1.90. The van der Waals surface area contributed by atoms with Gasteiger partial charge in [0, 0.05) is 10.2 Å². The van der Waals surface area contributed by atoms with Gasteiger partial charge in [0.1, 0.15) is 0 Å². The molecule has 0 atom stereocenters. The van der Waals surface area contributed by atoms with Gasteiger partial charge in [0.15, 0.2) is 11.6 Å². The van der Waals surface area contributed by atoms with E-state index in [2.05, 4.69) is 25.9 Å². The maximum atomic E-state index is 13.6. The van der Waals surface area contributed by atoms with E-state index in [9.17, 15) is 4.39 Å². The van der Waals surface area contributed by atoms with Crippen molar-refractivity contribution in [3.05, 3.63) is 45.9 Å². The molecule has 0 saturated carbocycles. The Kier molecular flexibility index (Phi) is 4.14. The Bertz CT molecular complexity index is 602. The topological polar surface area (TPSA) is 35.0 Å². The van der Waals surface area contributed by atoms with Crippen molar-refractivity contribution in [3.8, 4) is 11.8 Å². The van der Waals surface area contributed by atoms with Gasteiger partial charge in [0.05, 0.1) is 5.69 Å². The maximum absolute atomic E-state index is 13.6. The van der Waals surface area contributed by atoms with Crippen LogP contribution in [0.2, 0.25) is 0 Å². The first-order chi connectivity index (χ1) is 8.95. The van der Waals surface area contributed by atoms with E-state index in [0.29, 0.717) is 0 Å². The molecule has 0 spiro atoms. The lowest BCUT2D eigenvalue weighted by molar-refractivity contribution is 0.407. The average Bonchev–Trinajstić information content (AvgIpc) is 2.33. The summed E-state index contributed by atoms with van der Waals surface area (Å²) in [6.07, 6.45) is 0. The van der Waals surface area contributed by atoms with Crippen molar-refractivity contribution >= 4 is 15.9 Å². The van der Waals surface area contributed by atoms with E-state index in [1.54, 1.807) is 12.1 Å². The van der Waals surface area contributed by atoms with E-state index in [-0.39, 0.29) is 17.7 Å². The highest BCUT2D eigenvalue weighted by atomic mass is 79.9. The van der Waals surface area contributed by atoms with E-state index in [0.717, 1.165) is 15.9 Å². The summed E-state index contributed by atoms with van der Waals surface area (Å²) in [4.78, 5) is 8.45. The fourth-order valence-electron chi connectivity index (χ4n) is 1.56. The molecule has 0 saturated heterocycles. The molecule has 0 aliphatic carbocycles. The molecule has 1 heterocycles. The van der Waals surface area contributed by atoms with Crippen LogP contribution in [-0.2, 0) is 0 Å². The fraction of sp³-hybridized carbons (Fsp3) is 0.286. The van der Waals surface area contributed by atoms with Crippen LogP contribution >= 0.6 is 15.9 Å². The number of aromatic nitrogens is 2. The summed E-state index contributed by atoms with van der Waals surface area (Å²) < 4.78 is 19.8. The van der Waals surface area contributed by atoms with Gasteiger partial charge < -0.3 is 4.74 Å². The average molecular weight is 325 g/mol. The summed E-state index contributed by atoms with van der Waals surface area (Å²) in [5.74, 6) is -0.0782. The number of benzene rings is 1. The third-order valence-electron chi connectivity index (χ3n) is 2.54. The molecule has 100 valence electrons. The minimum absolute atomic E-state index is 0.106. The number of ether oxygens (including phenoxy) is 1. The minimum atomic E-state index is -0.445. The number of halogens is 2. The van der Waals surface area contributed by atoms with Gasteiger partial charge in [-0.2, -0.15) is 4.98 Å². The van der Waals surface area contributed by atoms with Crippen LogP contribution in [0.5, 0.6) is 11.8 Å².